The molecule has 41 heavy (non-hydrogen) atoms. The van der Waals surface area contributed by atoms with Gasteiger partial charge in [-0.25, -0.2) is 18.4 Å². The van der Waals surface area contributed by atoms with Gasteiger partial charge in [-0.05, 0) is 95.0 Å². The minimum absolute atomic E-state index is 0.0261. The number of anilines is 2. The molecule has 1 unspecified atom stereocenters. The first-order chi connectivity index (χ1) is 19.1. The van der Waals surface area contributed by atoms with Crippen LogP contribution in [-0.4, -0.2) is 40.8 Å². The maximum Gasteiger partial charge on any atom is 0.328 e. The van der Waals surface area contributed by atoms with Crippen molar-refractivity contribution in [2.24, 2.45) is 0 Å². The van der Waals surface area contributed by atoms with E-state index in [-0.39, 0.29) is 11.3 Å². The molecule has 0 radical (unpaired) electrons. The van der Waals surface area contributed by atoms with E-state index in [1.165, 1.54) is 31.2 Å². The van der Waals surface area contributed by atoms with Gasteiger partial charge in [-0.3, -0.25) is 4.79 Å². The lowest BCUT2D eigenvalue weighted by Gasteiger charge is -2.29. The smallest absolute Gasteiger partial charge is 0.328 e. The molecule has 3 rings (SSSR count). The van der Waals surface area contributed by atoms with Gasteiger partial charge in [0.1, 0.15) is 0 Å². The Kier molecular flexibility index (Phi) is 9.49. The Hall–Kier alpha value is -4.31. The minimum Gasteiger partial charge on any atom is -0.480 e. The topological polar surface area (TPSA) is 117 Å². The number of carbonyl (C=O) groups is 3. The Morgan fingerprint density at radius 2 is 1.44 bits per heavy atom. The Morgan fingerprint density at radius 3 is 2.00 bits per heavy atom. The van der Waals surface area contributed by atoms with E-state index in [9.17, 15) is 28.3 Å². The summed E-state index contributed by atoms with van der Waals surface area (Å²) in [5, 5.41) is 17.7. The number of urea groups is 1. The molecule has 0 aliphatic heterocycles. The van der Waals surface area contributed by atoms with Crippen LogP contribution in [0, 0.1) is 32.4 Å². The molecule has 0 aliphatic carbocycles. The molecule has 10 heteroatoms. The third-order valence-electron chi connectivity index (χ3n) is 6.24. The van der Waals surface area contributed by atoms with E-state index >= 15 is 0 Å². The van der Waals surface area contributed by atoms with Crippen LogP contribution in [-0.2, 0) is 9.53 Å². The number of carbonyl (C=O) groups excluding carboxylic acids is 2. The third-order valence-corrected chi connectivity index (χ3v) is 6.24. The lowest BCUT2D eigenvalue weighted by atomic mass is 10.0. The second-order valence-corrected chi connectivity index (χ2v) is 11.0. The minimum atomic E-state index is -1.40. The zero-order chi connectivity index (χ0) is 30.6. The molecule has 218 valence electrons. The van der Waals surface area contributed by atoms with Gasteiger partial charge in [0.05, 0.1) is 23.0 Å². The summed E-state index contributed by atoms with van der Waals surface area (Å²) in [6.45, 7) is 12.5. The predicted octanol–water partition coefficient (Wildman–Crippen LogP) is 6.59. The van der Waals surface area contributed by atoms with E-state index in [4.69, 9.17) is 4.74 Å². The van der Waals surface area contributed by atoms with Crippen molar-refractivity contribution in [1.29, 1.82) is 0 Å². The van der Waals surface area contributed by atoms with Crippen LogP contribution >= 0.6 is 0 Å². The molecule has 0 aliphatic rings. The van der Waals surface area contributed by atoms with Gasteiger partial charge in [0, 0.05) is 5.69 Å². The molecule has 3 aromatic carbocycles. The van der Waals surface area contributed by atoms with Gasteiger partial charge >= 0.3 is 12.0 Å². The Bertz CT molecular complexity index is 1460. The summed E-state index contributed by atoms with van der Waals surface area (Å²) in [7, 11) is 0. The molecule has 0 saturated heterocycles. The third kappa shape index (κ3) is 8.11. The van der Waals surface area contributed by atoms with Crippen LogP contribution in [0.25, 0.3) is 11.1 Å². The number of carboxylic acid groups (broad SMARTS) is 1. The first-order valence-corrected chi connectivity index (χ1v) is 13.0. The van der Waals surface area contributed by atoms with Gasteiger partial charge in [0.2, 0.25) is 0 Å². The molecule has 0 spiro atoms. The summed E-state index contributed by atoms with van der Waals surface area (Å²) < 4.78 is 33.2. The second-order valence-electron chi connectivity index (χ2n) is 11.0. The summed E-state index contributed by atoms with van der Waals surface area (Å²) >= 11 is 0. The summed E-state index contributed by atoms with van der Waals surface area (Å²) in [6, 6.07) is 9.41. The van der Waals surface area contributed by atoms with Crippen LogP contribution in [0.15, 0.2) is 48.5 Å². The number of aliphatic carboxylic acids is 1. The number of amides is 3. The molecule has 0 fully saturated rings. The number of halogens is 2. The van der Waals surface area contributed by atoms with Gasteiger partial charge in [0.15, 0.2) is 17.7 Å². The van der Waals surface area contributed by atoms with Crippen molar-refractivity contribution in [2.75, 3.05) is 10.6 Å². The Balaban J connectivity index is 1.99. The summed E-state index contributed by atoms with van der Waals surface area (Å²) in [4.78, 5) is 38.5. The number of benzene rings is 3. The molecule has 8 nitrogen and oxygen atoms in total. The zero-order valence-electron chi connectivity index (χ0n) is 24.1. The first-order valence-electron chi connectivity index (χ1n) is 13.0. The van der Waals surface area contributed by atoms with E-state index in [0.29, 0.717) is 16.8 Å². The summed E-state index contributed by atoms with van der Waals surface area (Å²) in [5.74, 6) is -4.15. The van der Waals surface area contributed by atoms with Gasteiger partial charge in [-0.1, -0.05) is 29.8 Å². The van der Waals surface area contributed by atoms with Crippen LogP contribution in [0.1, 0.15) is 54.7 Å². The van der Waals surface area contributed by atoms with Crippen molar-refractivity contribution < 1.29 is 33.0 Å². The molecule has 0 heterocycles. The highest BCUT2D eigenvalue weighted by molar-refractivity contribution is 6.08. The van der Waals surface area contributed by atoms with Crippen molar-refractivity contribution in [3.05, 3.63) is 82.4 Å². The predicted molar refractivity (Wildman–Crippen MR) is 154 cm³/mol. The fraction of sp³-hybridized carbons (Fsp3) is 0.323. The van der Waals surface area contributed by atoms with Gasteiger partial charge < -0.3 is 25.8 Å². The van der Waals surface area contributed by atoms with Crippen LogP contribution in [0.2, 0.25) is 0 Å². The van der Waals surface area contributed by atoms with Crippen LogP contribution in [0.5, 0.6) is 0 Å². The van der Waals surface area contributed by atoms with Crippen LogP contribution in [0.3, 0.4) is 0 Å². The molecule has 2 atom stereocenters. The molecule has 3 aromatic rings. The highest BCUT2D eigenvalue weighted by Crippen LogP contribution is 2.28. The molecule has 0 aromatic heterocycles. The summed E-state index contributed by atoms with van der Waals surface area (Å²) in [6.07, 6.45) is -0.884. The summed E-state index contributed by atoms with van der Waals surface area (Å²) in [5.41, 5.74) is 3.30. The lowest BCUT2D eigenvalue weighted by Crippen LogP contribution is -2.50. The number of ether oxygens (including phenoxy) is 1. The number of rotatable bonds is 8. The molecule has 3 amide bonds. The molecule has 0 bridgehead atoms. The van der Waals surface area contributed by atoms with E-state index in [0.717, 1.165) is 28.8 Å². The standard InChI is InChI=1S/C31H35F2N3O5/c1-16-12-17(2)26(18(3)13-16)36-30(40)34-25-15-21(20-9-11-23(32)24(33)14-20)8-10-22(25)28(37)35-27(29(38)39)19(4)41-31(5,6)7/h8-15,19,27H,1-7H3,(H,35,37)(H,38,39)(H2,34,36,40)/t19?,27-/m0/s1. The maximum atomic E-state index is 14.0. The number of aryl methyl sites for hydroxylation is 3. The average Bonchev–Trinajstić information content (AvgIpc) is 2.85. The number of hydrogen-bond donors (Lipinski definition) is 4. The fourth-order valence-electron chi connectivity index (χ4n) is 4.57. The van der Waals surface area contributed by atoms with E-state index in [2.05, 4.69) is 16.0 Å². The number of hydrogen-bond acceptors (Lipinski definition) is 4. The number of nitrogens with one attached hydrogen (secondary N) is 3. The number of carboxylic acids is 1. The van der Waals surface area contributed by atoms with Crippen molar-refractivity contribution in [2.45, 2.75) is 66.2 Å². The Labute approximate surface area is 238 Å². The SMILES string of the molecule is Cc1cc(C)c(NC(=O)Nc2cc(-c3ccc(F)c(F)c3)ccc2C(=O)N[C@H](C(=O)O)C(C)OC(C)(C)C)c(C)c1. The second kappa shape index (κ2) is 12.5. The molecular weight excluding hydrogens is 532 g/mol. The molecule has 0 saturated carbocycles. The van der Waals surface area contributed by atoms with E-state index < -0.39 is 47.3 Å². The van der Waals surface area contributed by atoms with Crippen LogP contribution < -0.4 is 16.0 Å². The molecular formula is C31H35F2N3O5. The Morgan fingerprint density at radius 1 is 0.854 bits per heavy atom. The maximum absolute atomic E-state index is 14.0. The lowest BCUT2D eigenvalue weighted by molar-refractivity contribution is -0.146. The van der Waals surface area contributed by atoms with Crippen molar-refractivity contribution in [3.63, 3.8) is 0 Å². The highest BCUT2D eigenvalue weighted by atomic mass is 19.2. The van der Waals surface area contributed by atoms with Crippen molar-refractivity contribution >= 4 is 29.3 Å². The van der Waals surface area contributed by atoms with Gasteiger partial charge in [0.25, 0.3) is 5.91 Å². The van der Waals surface area contributed by atoms with Crippen molar-refractivity contribution in [3.8, 4) is 11.1 Å². The van der Waals surface area contributed by atoms with E-state index in [1.54, 1.807) is 20.8 Å². The highest BCUT2D eigenvalue weighted by Gasteiger charge is 2.31. The van der Waals surface area contributed by atoms with Gasteiger partial charge in [-0.2, -0.15) is 0 Å². The monoisotopic (exact) mass is 567 g/mol. The normalized spacial score (nSPS) is 12.8. The van der Waals surface area contributed by atoms with Gasteiger partial charge in [-0.15, -0.1) is 0 Å². The first kappa shape index (κ1) is 31.2. The van der Waals surface area contributed by atoms with E-state index in [1.807, 2.05) is 32.9 Å². The quantitative estimate of drug-likeness (QED) is 0.245. The molecule has 4 N–H and O–H groups in total. The average molecular weight is 568 g/mol. The van der Waals surface area contributed by atoms with Crippen molar-refractivity contribution in [1.82, 2.24) is 5.32 Å². The zero-order valence-corrected chi connectivity index (χ0v) is 24.1. The largest absolute Gasteiger partial charge is 0.480 e. The van der Waals surface area contributed by atoms with Crippen LogP contribution in [0.4, 0.5) is 25.0 Å². The fourth-order valence-corrected chi connectivity index (χ4v) is 4.57.